The molecule has 134 valence electrons. The second-order valence-electron chi connectivity index (χ2n) is 5.15. The molecule has 0 aliphatic heterocycles. The summed E-state index contributed by atoms with van der Waals surface area (Å²) in [5.41, 5.74) is 0.483. The standard InChI is InChI=1S/C15H9ClFN3O4S2/c16-10-8-19-15-11(6-5-9(7-18)14(10)15)20-26(23,24)13-4-2-1-3-12(13)25(17,21)22/h1-6,8,19-20H. The molecule has 26 heavy (non-hydrogen) atoms. The van der Waals surface area contributed by atoms with Gasteiger partial charge >= 0.3 is 10.2 Å². The predicted molar refractivity (Wildman–Crippen MR) is 93.6 cm³/mol. The van der Waals surface area contributed by atoms with Crippen LogP contribution >= 0.6 is 11.6 Å². The highest BCUT2D eigenvalue weighted by atomic mass is 35.5. The van der Waals surface area contributed by atoms with Crippen molar-refractivity contribution in [2.75, 3.05) is 4.72 Å². The van der Waals surface area contributed by atoms with Crippen LogP contribution in [0.4, 0.5) is 9.57 Å². The van der Waals surface area contributed by atoms with Crippen molar-refractivity contribution in [2.45, 2.75) is 9.79 Å². The first kappa shape index (κ1) is 18.2. The number of halogens is 2. The van der Waals surface area contributed by atoms with Crippen molar-refractivity contribution in [3.05, 3.63) is 53.2 Å². The fraction of sp³-hybridized carbons (Fsp3) is 0. The molecular formula is C15H9ClFN3O4S2. The molecule has 0 radical (unpaired) electrons. The molecule has 0 atom stereocenters. The Morgan fingerprint density at radius 2 is 1.73 bits per heavy atom. The summed E-state index contributed by atoms with van der Waals surface area (Å²) in [6, 6.07) is 8.91. The molecule has 0 unspecified atom stereocenters. The largest absolute Gasteiger partial charge is 0.358 e. The fourth-order valence-corrected chi connectivity index (χ4v) is 5.05. The lowest BCUT2D eigenvalue weighted by Gasteiger charge is -2.11. The average Bonchev–Trinajstić information content (AvgIpc) is 2.97. The van der Waals surface area contributed by atoms with Crippen LogP contribution in [-0.2, 0) is 20.2 Å². The lowest BCUT2D eigenvalue weighted by Crippen LogP contribution is -2.16. The molecule has 2 N–H and O–H groups in total. The van der Waals surface area contributed by atoms with Crippen LogP contribution in [0.2, 0.25) is 5.02 Å². The topological polar surface area (TPSA) is 120 Å². The highest BCUT2D eigenvalue weighted by Crippen LogP contribution is 2.33. The maximum absolute atomic E-state index is 13.4. The number of H-pyrrole nitrogens is 1. The number of sulfonamides is 1. The number of anilines is 1. The first-order valence-electron chi connectivity index (χ1n) is 6.91. The smallest absolute Gasteiger partial charge is 0.333 e. The summed E-state index contributed by atoms with van der Waals surface area (Å²) in [6.45, 7) is 0. The van der Waals surface area contributed by atoms with Crippen molar-refractivity contribution >= 4 is 48.4 Å². The summed E-state index contributed by atoms with van der Waals surface area (Å²) in [6.07, 6.45) is 1.38. The van der Waals surface area contributed by atoms with Crippen LogP contribution in [0.15, 0.2) is 52.4 Å². The first-order chi connectivity index (χ1) is 12.1. The van der Waals surface area contributed by atoms with Gasteiger partial charge in [0.2, 0.25) is 0 Å². The Morgan fingerprint density at radius 1 is 1.08 bits per heavy atom. The van der Waals surface area contributed by atoms with Crippen LogP contribution in [0, 0.1) is 11.3 Å². The summed E-state index contributed by atoms with van der Waals surface area (Å²) in [7, 11) is -9.69. The van der Waals surface area contributed by atoms with Crippen LogP contribution in [-0.4, -0.2) is 21.8 Å². The van der Waals surface area contributed by atoms with Gasteiger partial charge in [-0.3, -0.25) is 4.72 Å². The number of rotatable bonds is 4. The fourth-order valence-electron chi connectivity index (χ4n) is 2.46. The van der Waals surface area contributed by atoms with E-state index in [0.29, 0.717) is 5.39 Å². The number of fused-ring (bicyclic) bond motifs is 1. The van der Waals surface area contributed by atoms with Gasteiger partial charge in [-0.15, -0.1) is 3.89 Å². The molecular weight excluding hydrogens is 405 g/mol. The summed E-state index contributed by atoms with van der Waals surface area (Å²) < 4.78 is 63.3. The van der Waals surface area contributed by atoms with Gasteiger partial charge in [0.05, 0.1) is 27.9 Å². The zero-order valence-electron chi connectivity index (χ0n) is 12.7. The maximum Gasteiger partial charge on any atom is 0.333 e. The highest BCUT2D eigenvalue weighted by Gasteiger charge is 2.27. The number of aromatic nitrogens is 1. The zero-order chi connectivity index (χ0) is 19.1. The van der Waals surface area contributed by atoms with Crippen molar-refractivity contribution in [1.29, 1.82) is 5.26 Å². The number of hydrogen-bond donors (Lipinski definition) is 2. The van der Waals surface area contributed by atoms with E-state index in [1.165, 1.54) is 30.5 Å². The van der Waals surface area contributed by atoms with Gasteiger partial charge in [0.25, 0.3) is 10.0 Å². The minimum Gasteiger partial charge on any atom is -0.358 e. The van der Waals surface area contributed by atoms with Crippen molar-refractivity contribution in [3.63, 3.8) is 0 Å². The van der Waals surface area contributed by atoms with Crippen molar-refractivity contribution < 1.29 is 20.7 Å². The molecule has 0 saturated carbocycles. The van der Waals surface area contributed by atoms with Crippen LogP contribution in [0.3, 0.4) is 0 Å². The first-order valence-corrected chi connectivity index (χ1v) is 10.2. The third kappa shape index (κ3) is 3.12. The minimum atomic E-state index is -5.25. The Balaban J connectivity index is 2.17. The van der Waals surface area contributed by atoms with Gasteiger partial charge in [0, 0.05) is 11.6 Å². The van der Waals surface area contributed by atoms with E-state index in [0.717, 1.165) is 12.1 Å². The Morgan fingerprint density at radius 3 is 2.35 bits per heavy atom. The summed E-state index contributed by atoms with van der Waals surface area (Å²) in [4.78, 5) is 1.04. The van der Waals surface area contributed by atoms with Crippen molar-refractivity contribution in [1.82, 2.24) is 4.98 Å². The van der Waals surface area contributed by atoms with E-state index < -0.39 is 30.0 Å². The number of hydrogen-bond acceptors (Lipinski definition) is 5. The summed E-state index contributed by atoms with van der Waals surface area (Å²) in [5.74, 6) is 0. The van der Waals surface area contributed by atoms with Crippen LogP contribution in [0.1, 0.15) is 5.56 Å². The molecule has 2 aromatic carbocycles. The van der Waals surface area contributed by atoms with E-state index >= 15 is 0 Å². The lowest BCUT2D eigenvalue weighted by molar-refractivity contribution is 0.547. The van der Waals surface area contributed by atoms with Gasteiger partial charge in [-0.2, -0.15) is 13.7 Å². The molecule has 0 spiro atoms. The van der Waals surface area contributed by atoms with Gasteiger partial charge in [-0.1, -0.05) is 23.7 Å². The average molecular weight is 414 g/mol. The molecule has 7 nitrogen and oxygen atoms in total. The minimum absolute atomic E-state index is 0.0250. The molecule has 0 fully saturated rings. The quantitative estimate of drug-likeness (QED) is 0.636. The van der Waals surface area contributed by atoms with Crippen molar-refractivity contribution in [3.8, 4) is 6.07 Å². The predicted octanol–water partition coefficient (Wildman–Crippen LogP) is 3.15. The van der Waals surface area contributed by atoms with E-state index in [1.54, 1.807) is 0 Å². The van der Waals surface area contributed by atoms with Gasteiger partial charge in [0.1, 0.15) is 9.79 Å². The number of aromatic amines is 1. The van der Waals surface area contributed by atoms with Crippen LogP contribution in [0.5, 0.6) is 0 Å². The van der Waals surface area contributed by atoms with Crippen LogP contribution in [0.25, 0.3) is 10.9 Å². The number of benzene rings is 2. The summed E-state index contributed by atoms with van der Waals surface area (Å²) >= 11 is 6.01. The number of nitrogens with one attached hydrogen (secondary N) is 2. The molecule has 3 aromatic rings. The molecule has 1 heterocycles. The van der Waals surface area contributed by atoms with E-state index in [-0.39, 0.29) is 21.8 Å². The molecule has 0 saturated heterocycles. The highest BCUT2D eigenvalue weighted by molar-refractivity contribution is 7.94. The number of nitriles is 1. The van der Waals surface area contributed by atoms with E-state index in [9.17, 15) is 20.7 Å². The SMILES string of the molecule is N#Cc1ccc(NS(=O)(=O)c2ccccc2S(=O)(=O)F)c2[nH]cc(Cl)c12. The maximum atomic E-state index is 13.4. The Hall–Kier alpha value is -2.61. The molecule has 1 aromatic heterocycles. The second kappa shape index (κ2) is 6.28. The molecule has 3 rings (SSSR count). The summed E-state index contributed by atoms with van der Waals surface area (Å²) in [5, 5.41) is 9.65. The van der Waals surface area contributed by atoms with E-state index in [2.05, 4.69) is 9.71 Å². The van der Waals surface area contributed by atoms with Crippen LogP contribution < -0.4 is 4.72 Å². The molecule has 0 amide bonds. The normalized spacial score (nSPS) is 12.0. The van der Waals surface area contributed by atoms with E-state index in [1.807, 2.05) is 6.07 Å². The molecule has 11 heteroatoms. The third-order valence-corrected chi connectivity index (χ3v) is 6.29. The Labute approximate surface area is 153 Å². The molecule has 0 aliphatic rings. The lowest BCUT2D eigenvalue weighted by atomic mass is 10.1. The van der Waals surface area contributed by atoms with Crippen molar-refractivity contribution in [2.24, 2.45) is 0 Å². The van der Waals surface area contributed by atoms with Gasteiger partial charge in [0.15, 0.2) is 0 Å². The molecule has 0 bridgehead atoms. The zero-order valence-corrected chi connectivity index (χ0v) is 15.1. The third-order valence-electron chi connectivity index (χ3n) is 3.55. The van der Waals surface area contributed by atoms with Gasteiger partial charge < -0.3 is 4.98 Å². The Kier molecular flexibility index (Phi) is 4.39. The van der Waals surface area contributed by atoms with Gasteiger partial charge in [-0.25, -0.2) is 8.42 Å². The number of nitrogens with zero attached hydrogens (tertiary/aromatic N) is 1. The van der Waals surface area contributed by atoms with E-state index in [4.69, 9.17) is 16.9 Å². The molecule has 0 aliphatic carbocycles. The second-order valence-corrected chi connectivity index (χ2v) is 8.52. The monoisotopic (exact) mass is 413 g/mol. The Bertz CT molecular complexity index is 1280. The van der Waals surface area contributed by atoms with Gasteiger partial charge in [-0.05, 0) is 24.3 Å².